The molecule has 0 bridgehead atoms. The highest BCUT2D eigenvalue weighted by Crippen LogP contribution is 2.45. The lowest BCUT2D eigenvalue weighted by atomic mass is 9.68. The molecule has 0 amide bonds. The third-order valence-electron chi connectivity index (χ3n) is 24.2. The molecule has 8 aromatic heterocycles. The first-order chi connectivity index (χ1) is 55.3. The highest BCUT2D eigenvalue weighted by molar-refractivity contribution is 5.82. The van der Waals surface area contributed by atoms with Crippen LogP contribution in [-0.2, 0) is 25.7 Å². The number of aromatic nitrogens is 14. The number of anilines is 8. The molecule has 9 aromatic rings. The molecule has 0 spiro atoms. The average molecular weight is 1580 g/mol. The Morgan fingerprint density at radius 1 is 0.474 bits per heavy atom. The summed E-state index contributed by atoms with van der Waals surface area (Å²) in [6.07, 6.45) is 31.6. The van der Waals surface area contributed by atoms with Crippen LogP contribution in [0.1, 0.15) is 236 Å². The molecule has 0 radical (unpaired) electrons. The van der Waals surface area contributed by atoms with Gasteiger partial charge in [0.1, 0.15) is 75.6 Å². The van der Waals surface area contributed by atoms with Crippen LogP contribution in [0.5, 0.6) is 5.88 Å². The molecule has 14 rings (SSSR count). The van der Waals surface area contributed by atoms with Crippen molar-refractivity contribution < 1.29 is 15.5 Å². The summed E-state index contributed by atoms with van der Waals surface area (Å²) in [5.74, 6) is 8.77. The number of aromatic amines is 2. The summed E-state index contributed by atoms with van der Waals surface area (Å²) in [5, 5.41) is 82.9. The fraction of sp³-hybridized carbons (Fsp3) is 0.545. The van der Waals surface area contributed by atoms with Gasteiger partial charge in [0.15, 0.2) is 0 Å². The van der Waals surface area contributed by atoms with E-state index in [9.17, 15) is 26.2 Å². The molecule has 5 saturated carbocycles. The lowest BCUT2D eigenvalue weighted by Gasteiger charge is -2.41. The Morgan fingerprint density at radius 2 is 0.897 bits per heavy atom. The second-order valence-electron chi connectivity index (χ2n) is 34.5. The van der Waals surface area contributed by atoms with Crippen molar-refractivity contribution in [1.82, 2.24) is 70.0 Å². The number of ether oxygens (including phenoxy) is 1. The van der Waals surface area contributed by atoms with Crippen LogP contribution in [0.3, 0.4) is 0 Å². The number of nitrogens with zero attached hydrogens (tertiary/aromatic N) is 16. The first-order valence-electron chi connectivity index (χ1n) is 40.9. The molecule has 5 aliphatic carbocycles. The molecule has 0 saturated heterocycles. The average Bonchev–Trinajstić information content (AvgIpc) is 1.11. The summed E-state index contributed by atoms with van der Waals surface area (Å²) < 4.78 is 5.16. The number of pyridine rings is 1. The van der Waals surface area contributed by atoms with Gasteiger partial charge in [-0.2, -0.15) is 46.1 Å². The van der Waals surface area contributed by atoms with Crippen LogP contribution in [0.15, 0.2) is 98.1 Å². The van der Waals surface area contributed by atoms with Crippen LogP contribution in [-0.4, -0.2) is 139 Å². The molecule has 116 heavy (non-hydrogen) atoms. The van der Waals surface area contributed by atoms with Gasteiger partial charge in [-0.3, -0.25) is 5.10 Å². The number of methoxy groups -OCH3 is 1. The summed E-state index contributed by atoms with van der Waals surface area (Å²) in [4.78, 5) is 52.0. The van der Waals surface area contributed by atoms with E-state index in [1.807, 2.05) is 42.9 Å². The van der Waals surface area contributed by atoms with Crippen LogP contribution in [0.4, 0.5) is 47.1 Å². The molecule has 1 aromatic carbocycles. The van der Waals surface area contributed by atoms with Gasteiger partial charge in [-0.15, -0.1) is 0 Å². The molecule has 0 aliphatic heterocycles. The number of H-pyrrole nitrogens is 2. The zero-order valence-electron chi connectivity index (χ0n) is 69.0. The van der Waals surface area contributed by atoms with E-state index in [1.54, 1.807) is 38.1 Å². The number of benzene rings is 1. The molecule has 622 valence electrons. The molecule has 11 N–H and O–H groups in total. The largest absolute Gasteiger partial charge is 0.481 e. The molecule has 0 unspecified atom stereocenters. The van der Waals surface area contributed by atoms with Gasteiger partial charge in [0.25, 0.3) is 0 Å². The number of nitrogens with one attached hydrogen (secondary N) is 10. The molecule has 8 heterocycles. The van der Waals surface area contributed by atoms with E-state index in [0.717, 1.165) is 112 Å². The summed E-state index contributed by atoms with van der Waals surface area (Å²) in [6.45, 7) is 27.7. The van der Waals surface area contributed by atoms with Crippen molar-refractivity contribution in [3.05, 3.63) is 149 Å². The number of aliphatic hydroxyl groups is 1. The van der Waals surface area contributed by atoms with Crippen molar-refractivity contribution in [1.29, 1.82) is 21.0 Å². The smallest absolute Gasteiger partial charge is 0.224 e. The fourth-order valence-electron chi connectivity index (χ4n) is 15.6. The van der Waals surface area contributed by atoms with Crippen LogP contribution >= 0.6 is 0 Å². The minimum absolute atomic E-state index is 0. The zero-order valence-corrected chi connectivity index (χ0v) is 69.0. The Labute approximate surface area is 690 Å². The predicted octanol–water partition coefficient (Wildman–Crippen LogP) is 17.1. The van der Waals surface area contributed by atoms with Gasteiger partial charge in [-0.25, -0.2) is 34.9 Å². The van der Waals surface area contributed by atoms with E-state index in [1.165, 1.54) is 43.1 Å². The summed E-state index contributed by atoms with van der Waals surface area (Å²) >= 11 is 0. The first-order valence-corrected chi connectivity index (χ1v) is 40.9. The van der Waals surface area contributed by atoms with Gasteiger partial charge in [0.2, 0.25) is 29.7 Å². The summed E-state index contributed by atoms with van der Waals surface area (Å²) in [6, 6.07) is 25.9. The molecular weight excluding hydrogens is 1450 g/mol. The Morgan fingerprint density at radius 3 is 1.31 bits per heavy atom. The van der Waals surface area contributed by atoms with E-state index in [4.69, 9.17) is 4.74 Å². The molecule has 5 aliphatic rings. The lowest BCUT2D eigenvalue weighted by molar-refractivity contribution is 0.00926. The van der Waals surface area contributed by atoms with Gasteiger partial charge in [-0.05, 0) is 177 Å². The maximum Gasteiger partial charge on any atom is 0.224 e. The molecule has 28 nitrogen and oxygen atoms in total. The lowest BCUT2D eigenvalue weighted by Crippen LogP contribution is -2.41. The van der Waals surface area contributed by atoms with Crippen LogP contribution < -0.4 is 47.3 Å². The number of aliphatic hydroxyl groups excluding tert-OH is 1. The number of rotatable bonds is 26. The highest BCUT2D eigenvalue weighted by Gasteiger charge is 2.39. The maximum atomic E-state index is 10.2. The van der Waals surface area contributed by atoms with Crippen molar-refractivity contribution in [2.45, 2.75) is 235 Å². The monoisotopic (exact) mass is 1580 g/mol. The standard InChI is InChI=1S/C23H31N7.C23H28N6O.C22H30N6O.C19H27N7.CH4.4H2/c1-15-4-7-19(10-23(15,2)3)29-21-18(11-24)14-28-22(30-21)25-9-8-16-12-26-20(27-13-16)17-5-6-17;1-23(2)12-18(6-7-19(23)30)28-21-17(13-24)14-27-22(29-21)26-11-9-16-5-3-4-15-8-10-25-20(15)16;1-15-8-9-18(12-22(15,2)3)27-20-16(13-23)14-25-21(28-20)24-11-10-17-6-5-7-19(26-17)29-4;1-13-4-5-16(10-19(13,2)3)24-17-14(11-20)12-22-18(25-17)21-8-6-15-7-9-23-26-15;;;;;/h12-15,17,19H,4-10H2,1-3H3,(H2,25,28,29,30);3-5,8,10,14,18-19,25,30H,6-7,9,11-12H2,1-2H3,(H2,26,27,28,29);5-7,14-15,18H,8-12H2,1-4H3,(H2,24,25,27,28);7,9,12-13,16H,4-6,8,10H2,1-3H3,(H,23,26)(H2,21,22,24,25);1H4;4*1H/t15-,19+;18-,19+;15-,18+;13-,16+;;;;;/m0100...../s1. The Hall–Kier alpha value is -11.4. The van der Waals surface area contributed by atoms with Crippen molar-refractivity contribution >= 4 is 58.0 Å². The van der Waals surface area contributed by atoms with Gasteiger partial charge in [0.05, 0.1) is 38.0 Å². The summed E-state index contributed by atoms with van der Waals surface area (Å²) in [5.41, 5.74) is 8.06. The van der Waals surface area contributed by atoms with Crippen molar-refractivity contribution in [3.8, 4) is 30.2 Å². The quantitative estimate of drug-likeness (QED) is 0.0240. The molecular formula is C88H128N26O2. The number of para-hydroxylation sites is 1. The highest BCUT2D eigenvalue weighted by atomic mass is 16.5. The predicted molar refractivity (Wildman–Crippen MR) is 466 cm³/mol. The van der Waals surface area contributed by atoms with Gasteiger partial charge >= 0.3 is 0 Å². The second kappa shape index (κ2) is 40.3. The third kappa shape index (κ3) is 24.4. The molecule has 5 fully saturated rings. The third-order valence-corrected chi connectivity index (χ3v) is 24.2. The second-order valence-corrected chi connectivity index (χ2v) is 34.5. The van der Waals surface area contributed by atoms with Crippen LogP contribution in [0.2, 0.25) is 0 Å². The Kier molecular flexibility index (Phi) is 30.2. The van der Waals surface area contributed by atoms with Crippen LogP contribution in [0, 0.1) is 84.7 Å². The fourth-order valence-corrected chi connectivity index (χ4v) is 15.6. The first kappa shape index (κ1) is 87.0. The van der Waals surface area contributed by atoms with Gasteiger partial charge in [0, 0.05) is 123 Å². The molecule has 28 heteroatoms. The van der Waals surface area contributed by atoms with Crippen LogP contribution in [0.25, 0.3) is 10.9 Å². The Bertz CT molecular complexity index is 4840. The van der Waals surface area contributed by atoms with Gasteiger partial charge in [-0.1, -0.05) is 108 Å². The van der Waals surface area contributed by atoms with E-state index >= 15 is 0 Å². The van der Waals surface area contributed by atoms with Crippen molar-refractivity contribution in [2.75, 3.05) is 75.8 Å². The minimum atomic E-state index is -0.294. The summed E-state index contributed by atoms with van der Waals surface area (Å²) in [7, 11) is 1.61. The SMILES string of the molecule is C.CC1(C)C[C@H](Nc2nc(NCCc3cccc4cc[nH]c34)ncc2C#N)CC[C@@H]1O.COc1cccc(CCNc2ncc(C#N)c(N[C@@H]3CC[C@H](C)C(C)(C)C3)n2)n1.C[C@H]1CC[C@@H](Nc2nc(NCCc3ccn[nH]3)ncc2C#N)CC1(C)C.C[C@H]1CC[C@@H](Nc2nc(NCCc3cnc(C4CC4)nc3)ncc2C#N)CC1(C)C.[HH].[HH].[HH].[HH]. The number of nitriles is 4. The number of hydrogen-bond acceptors (Lipinski definition) is 26. The Balaban J connectivity index is 0.000000245. The van der Waals surface area contributed by atoms with E-state index in [2.05, 4.69) is 237 Å². The topological polar surface area (TPSA) is 407 Å². The normalized spacial score (nSPS) is 21.2. The number of hydrogen-bond donors (Lipinski definition) is 11. The minimum Gasteiger partial charge on any atom is -0.481 e. The van der Waals surface area contributed by atoms with E-state index < -0.39 is 0 Å². The zero-order chi connectivity index (χ0) is 81.7. The van der Waals surface area contributed by atoms with Crippen molar-refractivity contribution in [2.24, 2.45) is 39.4 Å². The van der Waals surface area contributed by atoms with E-state index in [0.29, 0.717) is 149 Å². The van der Waals surface area contributed by atoms with Crippen molar-refractivity contribution in [3.63, 3.8) is 0 Å². The van der Waals surface area contributed by atoms with E-state index in [-0.39, 0.29) is 41.5 Å². The maximum absolute atomic E-state index is 10.2. The number of fused-ring (bicyclic) bond motifs is 1. The van der Waals surface area contributed by atoms with Gasteiger partial charge < -0.3 is 57.4 Å². The molecule has 8 atom stereocenters.